The maximum absolute atomic E-state index is 14.9. The fraction of sp³-hybridized carbons (Fsp3) is 0.417. The molecule has 1 amide bonds. The van der Waals surface area contributed by atoms with E-state index in [4.69, 9.17) is 9.47 Å². The van der Waals surface area contributed by atoms with E-state index in [0.717, 1.165) is 0 Å². The number of halogens is 1. The molecule has 11 nitrogen and oxygen atoms in total. The van der Waals surface area contributed by atoms with Gasteiger partial charge in [0.1, 0.15) is 40.5 Å². The Hall–Kier alpha value is -3.89. The molecule has 0 radical (unpaired) electrons. The van der Waals surface area contributed by atoms with E-state index in [2.05, 4.69) is 31.3 Å². The van der Waals surface area contributed by atoms with Crippen LogP contribution in [-0.2, 0) is 11.3 Å². The topological polar surface area (TPSA) is 146 Å². The molecule has 3 aromatic rings. The molecule has 1 fully saturated rings. The number of aliphatic hydroxyl groups excluding tert-OH is 1. The van der Waals surface area contributed by atoms with Crippen LogP contribution in [0.3, 0.4) is 0 Å². The number of hydrogen-bond acceptors (Lipinski definition) is 11. The van der Waals surface area contributed by atoms with Crippen LogP contribution < -0.4 is 10.1 Å². The van der Waals surface area contributed by atoms with Gasteiger partial charge in [0.05, 0.1) is 24.2 Å². The van der Waals surface area contributed by atoms with Crippen molar-refractivity contribution >= 4 is 28.4 Å². The quantitative estimate of drug-likeness (QED) is 0.485. The van der Waals surface area contributed by atoms with Crippen LogP contribution in [0.4, 0.5) is 20.1 Å². The largest absolute Gasteiger partial charge is 0.486 e. The van der Waals surface area contributed by atoms with Crippen LogP contribution in [0.25, 0.3) is 11.4 Å². The maximum atomic E-state index is 14.9. The normalized spacial score (nSPS) is 17.7. The minimum absolute atomic E-state index is 0.155. The van der Waals surface area contributed by atoms with Crippen molar-refractivity contribution < 1.29 is 23.8 Å². The van der Waals surface area contributed by atoms with Crippen LogP contribution in [0, 0.1) is 11.3 Å². The Morgan fingerprint density at radius 1 is 1.35 bits per heavy atom. The summed E-state index contributed by atoms with van der Waals surface area (Å²) in [6.07, 6.45) is -1.25. The van der Waals surface area contributed by atoms with Crippen LogP contribution in [-0.4, -0.2) is 67.0 Å². The lowest BCUT2D eigenvalue weighted by Gasteiger charge is -2.35. The third-order valence-electron chi connectivity index (χ3n) is 5.36. The molecule has 2 unspecified atom stereocenters. The number of thiazole rings is 1. The highest BCUT2D eigenvalue weighted by atomic mass is 32.1. The molecule has 0 spiro atoms. The van der Waals surface area contributed by atoms with Gasteiger partial charge < -0.3 is 24.8 Å². The van der Waals surface area contributed by atoms with Crippen LogP contribution in [0.1, 0.15) is 38.4 Å². The van der Waals surface area contributed by atoms with Crippen molar-refractivity contribution in [2.24, 2.45) is 0 Å². The first-order valence-electron chi connectivity index (χ1n) is 11.5. The van der Waals surface area contributed by atoms with Gasteiger partial charge in [-0.05, 0) is 39.0 Å². The molecule has 2 atom stereocenters. The maximum Gasteiger partial charge on any atom is 0.410 e. The minimum Gasteiger partial charge on any atom is -0.486 e. The Kier molecular flexibility index (Phi) is 7.80. The Morgan fingerprint density at radius 2 is 2.16 bits per heavy atom. The van der Waals surface area contributed by atoms with Crippen LogP contribution in [0.15, 0.2) is 30.0 Å². The average Bonchev–Trinajstić information content (AvgIpc) is 3.31. The number of nitrogens with one attached hydrogen (secondary N) is 1. The highest BCUT2D eigenvalue weighted by Crippen LogP contribution is 2.29. The molecule has 13 heteroatoms. The summed E-state index contributed by atoms with van der Waals surface area (Å²) < 4.78 is 26.1. The van der Waals surface area contributed by atoms with Crippen LogP contribution in [0.2, 0.25) is 0 Å². The Labute approximate surface area is 216 Å². The summed E-state index contributed by atoms with van der Waals surface area (Å²) in [6, 6.07) is 6.88. The predicted molar refractivity (Wildman–Crippen MR) is 133 cm³/mol. The number of anilines is 2. The zero-order valence-electron chi connectivity index (χ0n) is 20.5. The van der Waals surface area contributed by atoms with Gasteiger partial charge in [-0.3, -0.25) is 0 Å². The monoisotopic (exact) mass is 527 g/mol. The highest BCUT2D eigenvalue weighted by molar-refractivity contribution is 7.14. The lowest BCUT2D eigenvalue weighted by molar-refractivity contribution is -0.0106. The van der Waals surface area contributed by atoms with Crippen molar-refractivity contribution in [3.63, 3.8) is 0 Å². The molecule has 1 saturated heterocycles. The molecule has 37 heavy (non-hydrogen) atoms. The van der Waals surface area contributed by atoms with E-state index in [9.17, 15) is 19.6 Å². The number of carbonyl (C=O) groups excluding carboxylic acids is 1. The van der Waals surface area contributed by atoms with E-state index >= 15 is 0 Å². The van der Waals surface area contributed by atoms with Crippen molar-refractivity contribution in [2.45, 2.75) is 51.7 Å². The summed E-state index contributed by atoms with van der Waals surface area (Å²) in [5, 5.41) is 22.7. The summed E-state index contributed by atoms with van der Waals surface area (Å²) in [5.74, 6) is 0.790. The second-order valence-electron chi connectivity index (χ2n) is 9.25. The third kappa shape index (κ3) is 6.46. The van der Waals surface area contributed by atoms with Crippen molar-refractivity contribution in [3.05, 3.63) is 41.3 Å². The van der Waals surface area contributed by atoms with Gasteiger partial charge in [-0.25, -0.2) is 24.1 Å². The van der Waals surface area contributed by atoms with Crippen molar-refractivity contribution in [1.82, 2.24) is 24.8 Å². The van der Waals surface area contributed by atoms with Gasteiger partial charge >= 0.3 is 6.09 Å². The van der Waals surface area contributed by atoms with Gasteiger partial charge in [-0.1, -0.05) is 0 Å². The van der Waals surface area contributed by atoms with E-state index in [0.29, 0.717) is 22.1 Å². The van der Waals surface area contributed by atoms with E-state index in [1.165, 1.54) is 22.6 Å². The number of likely N-dealkylation sites (tertiary alicyclic amines) is 1. The van der Waals surface area contributed by atoms with Crippen molar-refractivity contribution in [3.8, 4) is 23.2 Å². The first-order valence-corrected chi connectivity index (χ1v) is 12.4. The molecule has 2 aromatic heterocycles. The lowest BCUT2D eigenvalue weighted by atomic mass is 10.1. The molecule has 3 heterocycles. The molecule has 0 bridgehead atoms. The summed E-state index contributed by atoms with van der Waals surface area (Å²) in [4.78, 5) is 30.3. The molecule has 1 aliphatic heterocycles. The first kappa shape index (κ1) is 26.2. The van der Waals surface area contributed by atoms with E-state index in [1.54, 1.807) is 44.5 Å². The molecule has 4 rings (SSSR count). The Balaban J connectivity index is 1.45. The van der Waals surface area contributed by atoms with Crippen LogP contribution in [0.5, 0.6) is 5.75 Å². The van der Waals surface area contributed by atoms with Gasteiger partial charge in [-0.2, -0.15) is 10.2 Å². The van der Waals surface area contributed by atoms with Crippen molar-refractivity contribution in [2.75, 3.05) is 18.4 Å². The second-order valence-corrected chi connectivity index (χ2v) is 10.1. The van der Waals surface area contributed by atoms with Gasteiger partial charge in [0.25, 0.3) is 0 Å². The number of aromatic nitrogens is 4. The number of ether oxygens (including phenoxy) is 2. The summed E-state index contributed by atoms with van der Waals surface area (Å²) >= 11 is 1.30. The highest BCUT2D eigenvalue weighted by Gasteiger charge is 2.35. The number of rotatable bonds is 6. The average molecular weight is 528 g/mol. The van der Waals surface area contributed by atoms with E-state index < -0.39 is 24.0 Å². The van der Waals surface area contributed by atoms with Crippen molar-refractivity contribution in [1.29, 1.82) is 5.26 Å². The molecule has 2 N–H and O–H groups in total. The zero-order chi connectivity index (χ0) is 26.6. The van der Waals surface area contributed by atoms with E-state index in [-0.39, 0.29) is 43.4 Å². The second kappa shape index (κ2) is 11.0. The summed E-state index contributed by atoms with van der Waals surface area (Å²) in [6.45, 7) is 5.16. The minimum atomic E-state index is -1.44. The fourth-order valence-electron chi connectivity index (χ4n) is 3.61. The van der Waals surface area contributed by atoms with Gasteiger partial charge in [-0.15, -0.1) is 11.3 Å². The molecule has 1 aromatic carbocycles. The molecular formula is C24H26FN7O4S. The molecular weight excluding hydrogens is 501 g/mol. The van der Waals surface area contributed by atoms with Gasteiger partial charge in [0, 0.05) is 18.5 Å². The fourth-order valence-corrected chi connectivity index (χ4v) is 4.30. The number of hydrogen-bond donors (Lipinski definition) is 2. The number of nitrogens with zero attached hydrogens (tertiary/aromatic N) is 6. The summed E-state index contributed by atoms with van der Waals surface area (Å²) in [5.41, 5.74) is 2.13. The lowest BCUT2D eigenvalue weighted by Crippen LogP contribution is -2.50. The molecule has 194 valence electrons. The predicted octanol–water partition coefficient (Wildman–Crippen LogP) is 3.83. The number of carbonyl (C=O) groups is 1. The number of amides is 1. The van der Waals surface area contributed by atoms with Gasteiger partial charge in [0.2, 0.25) is 5.95 Å². The first-order chi connectivity index (χ1) is 17.7. The molecule has 0 saturated carbocycles. The SMILES string of the molecule is CC(C)(C)OC(=O)N1CCC(Oc2ccc(-c3ncnc(Nc4scnc4CO)n3)cc2C#N)C(F)C1. The molecule has 0 aliphatic carbocycles. The summed E-state index contributed by atoms with van der Waals surface area (Å²) in [7, 11) is 0. The van der Waals surface area contributed by atoms with E-state index in [1.807, 2.05) is 0 Å². The number of nitriles is 1. The number of benzene rings is 1. The van der Waals surface area contributed by atoms with Gasteiger partial charge in [0.15, 0.2) is 12.0 Å². The Bertz CT molecular complexity index is 1310. The number of alkyl halides is 1. The molecule has 1 aliphatic rings. The Morgan fingerprint density at radius 3 is 2.86 bits per heavy atom. The third-order valence-corrected chi connectivity index (χ3v) is 6.14. The number of aliphatic hydroxyl groups is 1. The standard InChI is InChI=1S/C24H26FN7O4S/c1-24(2,3)36-23(34)32-7-6-19(16(25)10-32)35-18-5-4-14(8-15(18)9-26)20-27-12-28-22(30-20)31-21-17(11-33)29-13-37-21/h4-5,8,12-13,16,19,33H,6-7,10-11H2,1-3H3,(H,27,28,30,31). The zero-order valence-corrected chi connectivity index (χ0v) is 21.3. The van der Waals surface area contributed by atoms with Crippen LogP contribution >= 0.6 is 11.3 Å². The number of piperidine rings is 1. The smallest absolute Gasteiger partial charge is 0.410 e.